The Balaban J connectivity index is 0.000000171. The lowest BCUT2D eigenvalue weighted by Gasteiger charge is -2.03. The normalized spacial score (nSPS) is 16.5. The second-order valence-electron chi connectivity index (χ2n) is 4.34. The van der Waals surface area contributed by atoms with E-state index in [0.29, 0.717) is 6.04 Å². The fraction of sp³-hybridized carbons (Fsp3) is 0.538. The molecule has 0 radical (unpaired) electrons. The van der Waals surface area contributed by atoms with E-state index in [1.54, 1.807) is 18.2 Å². The highest BCUT2D eigenvalue weighted by atomic mass is 16.6. The van der Waals surface area contributed by atoms with Crippen LogP contribution in [0.1, 0.15) is 38.5 Å². The number of benzene rings is 1. The summed E-state index contributed by atoms with van der Waals surface area (Å²) in [5.41, 5.74) is 5.87. The molecule has 1 fully saturated rings. The molecule has 0 unspecified atom stereocenters. The second kappa shape index (κ2) is 7.79. The van der Waals surface area contributed by atoms with Crippen LogP contribution in [-0.4, -0.2) is 11.0 Å². The fourth-order valence-corrected chi connectivity index (χ4v) is 1.86. The molecule has 0 atom stereocenters. The lowest BCUT2D eigenvalue weighted by Crippen LogP contribution is -2.17. The van der Waals surface area contributed by atoms with Crippen molar-refractivity contribution in [2.75, 3.05) is 0 Å². The second-order valence-corrected chi connectivity index (χ2v) is 4.34. The Labute approximate surface area is 102 Å². The Bertz CT molecular complexity index is 319. The van der Waals surface area contributed by atoms with Gasteiger partial charge in [-0.1, -0.05) is 43.9 Å². The van der Waals surface area contributed by atoms with Crippen LogP contribution in [0.15, 0.2) is 30.3 Å². The van der Waals surface area contributed by atoms with Crippen molar-refractivity contribution in [3.8, 4) is 0 Å². The first-order chi connectivity index (χ1) is 8.20. The average Bonchev–Trinajstić information content (AvgIpc) is 2.59. The highest BCUT2D eigenvalue weighted by molar-refractivity contribution is 5.27. The maximum Gasteiger partial charge on any atom is 0.269 e. The van der Waals surface area contributed by atoms with E-state index in [9.17, 15) is 10.1 Å². The predicted molar refractivity (Wildman–Crippen MR) is 68.8 cm³/mol. The van der Waals surface area contributed by atoms with E-state index in [-0.39, 0.29) is 5.69 Å². The van der Waals surface area contributed by atoms with Crippen molar-refractivity contribution in [3.05, 3.63) is 40.4 Å². The Hall–Kier alpha value is -1.42. The number of nitro groups is 1. The van der Waals surface area contributed by atoms with Gasteiger partial charge in [-0.05, 0) is 12.8 Å². The Morgan fingerprint density at radius 1 is 1.06 bits per heavy atom. The largest absolute Gasteiger partial charge is 0.328 e. The number of nitrogens with two attached hydrogens (primary N) is 1. The van der Waals surface area contributed by atoms with Gasteiger partial charge in [0.15, 0.2) is 0 Å². The molecule has 0 aliphatic heterocycles. The monoisotopic (exact) mass is 236 g/mol. The predicted octanol–water partition coefficient (Wildman–Crippen LogP) is 3.26. The molecular weight excluding hydrogens is 216 g/mol. The molecule has 0 spiro atoms. The van der Waals surface area contributed by atoms with E-state index in [1.165, 1.54) is 50.7 Å². The first-order valence-electron chi connectivity index (χ1n) is 6.15. The third-order valence-electron chi connectivity index (χ3n) is 2.87. The molecule has 0 aromatic heterocycles. The van der Waals surface area contributed by atoms with Gasteiger partial charge in [0.1, 0.15) is 0 Å². The van der Waals surface area contributed by atoms with Crippen molar-refractivity contribution in [2.24, 2.45) is 5.73 Å². The summed E-state index contributed by atoms with van der Waals surface area (Å²) in [4.78, 5) is 9.59. The zero-order valence-corrected chi connectivity index (χ0v) is 10.0. The molecule has 94 valence electrons. The average molecular weight is 236 g/mol. The van der Waals surface area contributed by atoms with Crippen LogP contribution in [0.4, 0.5) is 5.69 Å². The van der Waals surface area contributed by atoms with Gasteiger partial charge in [-0.25, -0.2) is 0 Å². The van der Waals surface area contributed by atoms with Gasteiger partial charge < -0.3 is 5.73 Å². The molecule has 1 saturated carbocycles. The minimum Gasteiger partial charge on any atom is -0.328 e. The molecule has 1 aromatic rings. The highest BCUT2D eigenvalue weighted by Crippen LogP contribution is 2.14. The fourth-order valence-electron chi connectivity index (χ4n) is 1.86. The molecule has 4 heteroatoms. The van der Waals surface area contributed by atoms with Crippen molar-refractivity contribution in [3.63, 3.8) is 0 Å². The molecule has 1 aliphatic rings. The number of rotatable bonds is 1. The van der Waals surface area contributed by atoms with E-state index in [0.717, 1.165) is 0 Å². The number of non-ortho nitro benzene ring substituents is 1. The lowest BCUT2D eigenvalue weighted by atomic mass is 10.1. The van der Waals surface area contributed by atoms with Crippen molar-refractivity contribution >= 4 is 5.69 Å². The molecular formula is C13H20N2O2. The minimum absolute atomic E-state index is 0.137. The first kappa shape index (κ1) is 13.6. The quantitative estimate of drug-likeness (QED) is 0.462. The van der Waals surface area contributed by atoms with E-state index in [4.69, 9.17) is 5.73 Å². The molecule has 0 heterocycles. The maximum atomic E-state index is 10.0. The summed E-state index contributed by atoms with van der Waals surface area (Å²) in [5.74, 6) is 0. The number of hydrogen-bond donors (Lipinski definition) is 1. The number of nitro benzene ring substituents is 1. The zero-order valence-electron chi connectivity index (χ0n) is 10.0. The summed E-state index contributed by atoms with van der Waals surface area (Å²) in [5, 5.41) is 10.0. The summed E-state index contributed by atoms with van der Waals surface area (Å²) >= 11 is 0. The van der Waals surface area contributed by atoms with Crippen molar-refractivity contribution in [2.45, 2.75) is 44.6 Å². The van der Waals surface area contributed by atoms with Crippen LogP contribution in [-0.2, 0) is 0 Å². The summed E-state index contributed by atoms with van der Waals surface area (Å²) < 4.78 is 0. The van der Waals surface area contributed by atoms with E-state index >= 15 is 0 Å². The smallest absolute Gasteiger partial charge is 0.269 e. The van der Waals surface area contributed by atoms with E-state index in [1.807, 2.05) is 0 Å². The van der Waals surface area contributed by atoms with Gasteiger partial charge >= 0.3 is 0 Å². The summed E-state index contributed by atoms with van der Waals surface area (Å²) in [6.45, 7) is 0. The topological polar surface area (TPSA) is 69.2 Å². The van der Waals surface area contributed by atoms with Gasteiger partial charge in [0.05, 0.1) is 4.92 Å². The standard InChI is InChI=1S/C7H15N.C6H5NO2/c8-7-5-3-1-2-4-6-7;8-7(9)6-4-2-1-3-5-6/h7H,1-6,8H2;1-5H. The molecule has 4 nitrogen and oxygen atoms in total. The van der Waals surface area contributed by atoms with Crippen LogP contribution in [0.3, 0.4) is 0 Å². The minimum atomic E-state index is -0.417. The Morgan fingerprint density at radius 2 is 1.59 bits per heavy atom. The van der Waals surface area contributed by atoms with Crippen LogP contribution in [0, 0.1) is 10.1 Å². The third kappa shape index (κ3) is 6.02. The van der Waals surface area contributed by atoms with Crippen LogP contribution >= 0.6 is 0 Å². The van der Waals surface area contributed by atoms with Gasteiger partial charge in [0, 0.05) is 18.2 Å². The number of para-hydroxylation sites is 1. The van der Waals surface area contributed by atoms with Crippen molar-refractivity contribution in [1.82, 2.24) is 0 Å². The summed E-state index contributed by atoms with van der Waals surface area (Å²) in [6, 6.07) is 8.46. The lowest BCUT2D eigenvalue weighted by molar-refractivity contribution is -0.384. The highest BCUT2D eigenvalue weighted by Gasteiger charge is 2.05. The van der Waals surface area contributed by atoms with Gasteiger partial charge in [-0.3, -0.25) is 10.1 Å². The van der Waals surface area contributed by atoms with Gasteiger partial charge in [-0.2, -0.15) is 0 Å². The number of nitrogens with zero attached hydrogens (tertiary/aromatic N) is 1. The van der Waals surface area contributed by atoms with Gasteiger partial charge in [0.25, 0.3) is 5.69 Å². The summed E-state index contributed by atoms with van der Waals surface area (Å²) in [6.07, 6.45) is 8.07. The van der Waals surface area contributed by atoms with Crippen LogP contribution in [0.25, 0.3) is 0 Å². The first-order valence-corrected chi connectivity index (χ1v) is 6.15. The molecule has 1 aromatic carbocycles. The van der Waals surface area contributed by atoms with Crippen LogP contribution in [0.2, 0.25) is 0 Å². The molecule has 0 bridgehead atoms. The SMILES string of the molecule is NC1CCCCCC1.O=[N+]([O-])c1ccccc1. The zero-order chi connectivity index (χ0) is 12.5. The summed E-state index contributed by atoms with van der Waals surface area (Å²) in [7, 11) is 0. The molecule has 2 rings (SSSR count). The van der Waals surface area contributed by atoms with Gasteiger partial charge in [0.2, 0.25) is 0 Å². The van der Waals surface area contributed by atoms with Gasteiger partial charge in [-0.15, -0.1) is 0 Å². The molecule has 0 amide bonds. The number of hydrogen-bond acceptors (Lipinski definition) is 3. The molecule has 17 heavy (non-hydrogen) atoms. The van der Waals surface area contributed by atoms with Crippen LogP contribution in [0.5, 0.6) is 0 Å². The van der Waals surface area contributed by atoms with Crippen molar-refractivity contribution < 1.29 is 4.92 Å². The molecule has 1 aliphatic carbocycles. The van der Waals surface area contributed by atoms with Crippen LogP contribution < -0.4 is 5.73 Å². The van der Waals surface area contributed by atoms with E-state index in [2.05, 4.69) is 0 Å². The molecule has 0 saturated heterocycles. The van der Waals surface area contributed by atoms with Crippen molar-refractivity contribution in [1.29, 1.82) is 0 Å². The Morgan fingerprint density at radius 3 is 2.00 bits per heavy atom. The molecule has 2 N–H and O–H groups in total. The Kier molecular flexibility index (Phi) is 6.25. The van der Waals surface area contributed by atoms with E-state index < -0.39 is 4.92 Å². The maximum absolute atomic E-state index is 10.0. The third-order valence-corrected chi connectivity index (χ3v) is 2.87.